The molecular formula is C20H28FNO2. The van der Waals surface area contributed by atoms with Crippen molar-refractivity contribution < 1.29 is 14.2 Å². The van der Waals surface area contributed by atoms with Crippen molar-refractivity contribution in [1.82, 2.24) is 5.32 Å². The fraction of sp³-hybridized carbons (Fsp3) is 0.600. The molecule has 4 heteroatoms. The maximum Gasteiger partial charge on any atom is 0.127 e. The predicted molar refractivity (Wildman–Crippen MR) is 93.0 cm³/mol. The molecule has 132 valence electrons. The van der Waals surface area contributed by atoms with Crippen LogP contribution in [0.5, 0.6) is 0 Å². The van der Waals surface area contributed by atoms with Crippen molar-refractivity contribution in [1.29, 1.82) is 0 Å². The highest BCUT2D eigenvalue weighted by Crippen LogP contribution is 2.59. The van der Waals surface area contributed by atoms with E-state index in [9.17, 15) is 9.50 Å². The number of allylic oxidation sites excluding steroid dienone is 1. The van der Waals surface area contributed by atoms with Gasteiger partial charge in [-0.15, -0.1) is 0 Å². The van der Waals surface area contributed by atoms with Crippen LogP contribution >= 0.6 is 0 Å². The van der Waals surface area contributed by atoms with Gasteiger partial charge >= 0.3 is 0 Å². The van der Waals surface area contributed by atoms with Gasteiger partial charge in [-0.25, -0.2) is 4.39 Å². The molecule has 1 saturated carbocycles. The number of hydrogen-bond acceptors (Lipinski definition) is 3. The van der Waals surface area contributed by atoms with Gasteiger partial charge in [0, 0.05) is 18.7 Å². The third-order valence-corrected chi connectivity index (χ3v) is 5.81. The Balaban J connectivity index is 1.34. The van der Waals surface area contributed by atoms with Crippen molar-refractivity contribution in [2.45, 2.75) is 39.3 Å². The first-order valence-corrected chi connectivity index (χ1v) is 8.87. The highest BCUT2D eigenvalue weighted by atomic mass is 19.1. The third-order valence-electron chi connectivity index (χ3n) is 5.81. The van der Waals surface area contributed by atoms with Gasteiger partial charge in [0.2, 0.25) is 0 Å². The van der Waals surface area contributed by atoms with Crippen LogP contribution in [-0.2, 0) is 11.3 Å². The van der Waals surface area contributed by atoms with Gasteiger partial charge in [0.15, 0.2) is 0 Å². The van der Waals surface area contributed by atoms with Crippen LogP contribution in [-0.4, -0.2) is 31.0 Å². The van der Waals surface area contributed by atoms with Gasteiger partial charge in [0.25, 0.3) is 0 Å². The lowest BCUT2D eigenvalue weighted by molar-refractivity contribution is -0.0235. The summed E-state index contributed by atoms with van der Waals surface area (Å²) in [5.74, 6) is 1.26. The van der Waals surface area contributed by atoms with Gasteiger partial charge in [-0.2, -0.15) is 0 Å². The number of hydrogen-bond donors (Lipinski definition) is 2. The summed E-state index contributed by atoms with van der Waals surface area (Å²) >= 11 is 0. The van der Waals surface area contributed by atoms with Crippen LogP contribution in [0, 0.1) is 23.1 Å². The number of aliphatic hydroxyl groups excluding tert-OH is 1. The molecule has 3 atom stereocenters. The minimum absolute atomic E-state index is 0.221. The Bertz CT molecular complexity index is 599. The normalized spacial score (nSPS) is 25.8. The average Bonchev–Trinajstić information content (AvgIpc) is 2.56. The van der Waals surface area contributed by atoms with Crippen molar-refractivity contribution in [3.8, 4) is 0 Å². The second-order valence-electron chi connectivity index (χ2n) is 7.71. The Morgan fingerprint density at radius 2 is 2.17 bits per heavy atom. The van der Waals surface area contributed by atoms with E-state index in [4.69, 9.17) is 4.74 Å². The Kier molecular flexibility index (Phi) is 5.38. The van der Waals surface area contributed by atoms with E-state index in [0.29, 0.717) is 43.2 Å². The van der Waals surface area contributed by atoms with E-state index in [-0.39, 0.29) is 5.82 Å². The number of aliphatic hydroxyl groups is 1. The molecule has 0 saturated heterocycles. The molecule has 0 spiro atoms. The SMILES string of the molecule is CC1(C)[C@H]2CC=C(COC[C@H](O)CNCc3ccccc3F)[C@@H]1C2. The van der Waals surface area contributed by atoms with E-state index < -0.39 is 6.10 Å². The minimum atomic E-state index is -0.580. The van der Waals surface area contributed by atoms with Gasteiger partial charge in [0.05, 0.1) is 19.3 Å². The van der Waals surface area contributed by atoms with E-state index >= 15 is 0 Å². The van der Waals surface area contributed by atoms with E-state index in [1.165, 1.54) is 18.1 Å². The molecule has 0 aliphatic heterocycles. The fourth-order valence-electron chi connectivity index (χ4n) is 4.03. The van der Waals surface area contributed by atoms with E-state index in [1.807, 2.05) is 6.07 Å². The van der Waals surface area contributed by atoms with Crippen LogP contribution in [0.4, 0.5) is 4.39 Å². The van der Waals surface area contributed by atoms with Crippen molar-refractivity contribution in [2.75, 3.05) is 19.8 Å². The van der Waals surface area contributed by atoms with Gasteiger partial charge in [-0.05, 0) is 41.7 Å². The van der Waals surface area contributed by atoms with Crippen molar-refractivity contribution in [2.24, 2.45) is 17.3 Å². The van der Waals surface area contributed by atoms with Crippen LogP contribution in [0.2, 0.25) is 0 Å². The number of ether oxygens (including phenoxy) is 1. The molecule has 0 heterocycles. The predicted octanol–water partition coefficient (Wildman–Crippen LogP) is 3.29. The Labute approximate surface area is 143 Å². The van der Waals surface area contributed by atoms with Crippen molar-refractivity contribution in [3.05, 3.63) is 47.3 Å². The highest BCUT2D eigenvalue weighted by molar-refractivity contribution is 5.23. The van der Waals surface area contributed by atoms with Crippen LogP contribution < -0.4 is 5.32 Å². The molecule has 3 nitrogen and oxygen atoms in total. The largest absolute Gasteiger partial charge is 0.389 e. The van der Waals surface area contributed by atoms with Gasteiger partial charge in [-0.3, -0.25) is 0 Å². The number of fused-ring (bicyclic) bond motifs is 1. The summed E-state index contributed by atoms with van der Waals surface area (Å²) in [6.45, 7) is 6.42. The molecule has 4 rings (SSSR count). The minimum Gasteiger partial charge on any atom is -0.389 e. The monoisotopic (exact) mass is 333 g/mol. The van der Waals surface area contributed by atoms with Crippen LogP contribution in [0.1, 0.15) is 32.3 Å². The number of benzene rings is 1. The lowest BCUT2D eigenvalue weighted by atomic mass is 9.49. The lowest BCUT2D eigenvalue weighted by Crippen LogP contribution is -2.48. The third kappa shape index (κ3) is 3.71. The summed E-state index contributed by atoms with van der Waals surface area (Å²) in [5, 5.41) is 13.1. The summed E-state index contributed by atoms with van der Waals surface area (Å²) in [5.41, 5.74) is 2.42. The molecular weight excluding hydrogens is 305 g/mol. The van der Waals surface area contributed by atoms with Gasteiger partial charge in [-0.1, -0.05) is 38.1 Å². The molecule has 1 fully saturated rings. The van der Waals surface area contributed by atoms with Crippen LogP contribution in [0.15, 0.2) is 35.9 Å². The van der Waals surface area contributed by atoms with Crippen LogP contribution in [0.25, 0.3) is 0 Å². The van der Waals surface area contributed by atoms with E-state index in [0.717, 1.165) is 12.3 Å². The molecule has 3 aliphatic carbocycles. The zero-order valence-corrected chi connectivity index (χ0v) is 14.6. The van der Waals surface area contributed by atoms with Crippen molar-refractivity contribution in [3.63, 3.8) is 0 Å². The molecule has 0 aromatic heterocycles. The molecule has 2 N–H and O–H groups in total. The summed E-state index contributed by atoms with van der Waals surface area (Å²) in [6.07, 6.45) is 4.19. The van der Waals surface area contributed by atoms with E-state index in [1.54, 1.807) is 12.1 Å². The second kappa shape index (κ2) is 7.34. The summed E-state index contributed by atoms with van der Waals surface area (Å²) in [7, 11) is 0. The first kappa shape index (κ1) is 17.6. The zero-order chi connectivity index (χ0) is 17.2. The van der Waals surface area contributed by atoms with E-state index in [2.05, 4.69) is 25.2 Å². The maximum absolute atomic E-state index is 13.5. The zero-order valence-electron chi connectivity index (χ0n) is 14.6. The number of halogens is 1. The summed E-state index contributed by atoms with van der Waals surface area (Å²) in [4.78, 5) is 0. The molecule has 1 aromatic carbocycles. The maximum atomic E-state index is 13.5. The molecule has 2 bridgehead atoms. The Morgan fingerprint density at radius 3 is 2.88 bits per heavy atom. The fourth-order valence-corrected chi connectivity index (χ4v) is 4.03. The quantitative estimate of drug-likeness (QED) is 0.717. The average molecular weight is 333 g/mol. The topological polar surface area (TPSA) is 41.5 Å². The molecule has 0 unspecified atom stereocenters. The van der Waals surface area contributed by atoms with Gasteiger partial charge in [0.1, 0.15) is 5.82 Å². The molecule has 0 radical (unpaired) electrons. The molecule has 1 aromatic rings. The smallest absolute Gasteiger partial charge is 0.127 e. The standard InChI is InChI=1S/C20H28FNO2/c1-20(2)16-8-7-15(18(20)9-16)12-24-13-17(23)11-22-10-14-5-3-4-6-19(14)21/h3-7,16-18,22-23H,8-13H2,1-2H3/t16-,17+,18-/m0/s1. The Hall–Kier alpha value is -1.23. The Morgan fingerprint density at radius 1 is 1.38 bits per heavy atom. The highest BCUT2D eigenvalue weighted by Gasteiger charge is 2.50. The van der Waals surface area contributed by atoms with Crippen molar-refractivity contribution >= 4 is 0 Å². The summed E-state index contributed by atoms with van der Waals surface area (Å²) < 4.78 is 19.2. The van der Waals surface area contributed by atoms with Gasteiger partial charge < -0.3 is 15.2 Å². The second-order valence-corrected chi connectivity index (χ2v) is 7.71. The first-order chi connectivity index (χ1) is 11.5. The number of rotatable bonds is 8. The number of nitrogens with one attached hydrogen (secondary N) is 1. The molecule has 3 aliphatic rings. The summed E-state index contributed by atoms with van der Waals surface area (Å²) in [6, 6.07) is 6.67. The van der Waals surface area contributed by atoms with Crippen LogP contribution in [0.3, 0.4) is 0 Å². The molecule has 24 heavy (non-hydrogen) atoms. The lowest BCUT2D eigenvalue weighted by Gasteiger charge is -2.56. The molecule has 0 amide bonds. The first-order valence-electron chi connectivity index (χ1n) is 8.87.